The Bertz CT molecular complexity index is 1060. The van der Waals surface area contributed by atoms with E-state index in [0.29, 0.717) is 29.0 Å². The second-order valence-corrected chi connectivity index (χ2v) is 6.69. The number of nitrogens with zero attached hydrogens (tertiary/aromatic N) is 4. The average Bonchev–Trinajstić information content (AvgIpc) is 3.37. The first kappa shape index (κ1) is 17.7. The number of rotatable bonds is 5. The molecule has 8 nitrogen and oxygen atoms in total. The van der Waals surface area contributed by atoms with Gasteiger partial charge < -0.3 is 10.1 Å². The number of aromatic nitrogens is 4. The van der Waals surface area contributed by atoms with Crippen LogP contribution in [-0.4, -0.2) is 25.8 Å². The lowest BCUT2D eigenvalue weighted by molar-refractivity contribution is 0.262. The average molecular weight is 392 g/mol. The normalized spacial score (nSPS) is 10.5. The van der Waals surface area contributed by atoms with E-state index in [1.54, 1.807) is 54.3 Å². The second-order valence-electron chi connectivity index (χ2n) is 5.75. The molecule has 4 aromatic rings. The maximum Gasteiger partial charge on any atom is 0.324 e. The molecule has 0 saturated carbocycles. The molecule has 0 aliphatic heterocycles. The number of benzene rings is 1. The number of carbonyl (C=O) groups is 1. The third-order valence-corrected chi connectivity index (χ3v) is 4.42. The number of amides is 2. The van der Waals surface area contributed by atoms with Gasteiger partial charge in [-0.25, -0.2) is 14.5 Å². The Morgan fingerprint density at radius 1 is 1.11 bits per heavy atom. The van der Waals surface area contributed by atoms with Crippen LogP contribution in [0.3, 0.4) is 0 Å². The van der Waals surface area contributed by atoms with Crippen LogP contribution in [0.4, 0.5) is 15.5 Å². The summed E-state index contributed by atoms with van der Waals surface area (Å²) in [6.07, 6.45) is 3.48. The van der Waals surface area contributed by atoms with Crippen LogP contribution in [0.5, 0.6) is 11.6 Å². The number of hydrogen-bond acceptors (Lipinski definition) is 6. The highest BCUT2D eigenvalue weighted by Gasteiger charge is 2.07. The van der Waals surface area contributed by atoms with Gasteiger partial charge in [0.2, 0.25) is 5.88 Å². The predicted molar refractivity (Wildman–Crippen MR) is 107 cm³/mol. The van der Waals surface area contributed by atoms with Gasteiger partial charge >= 0.3 is 6.03 Å². The highest BCUT2D eigenvalue weighted by atomic mass is 32.1. The van der Waals surface area contributed by atoms with E-state index in [4.69, 9.17) is 4.74 Å². The molecule has 0 aliphatic rings. The Morgan fingerprint density at radius 3 is 2.68 bits per heavy atom. The lowest BCUT2D eigenvalue weighted by atomic mass is 10.3. The molecule has 0 spiro atoms. The van der Waals surface area contributed by atoms with Crippen molar-refractivity contribution in [2.24, 2.45) is 0 Å². The van der Waals surface area contributed by atoms with Crippen LogP contribution >= 0.6 is 11.3 Å². The van der Waals surface area contributed by atoms with E-state index < -0.39 is 0 Å². The van der Waals surface area contributed by atoms with Gasteiger partial charge in [-0.05, 0) is 54.8 Å². The summed E-state index contributed by atoms with van der Waals surface area (Å²) in [5.41, 5.74) is 0.650. The molecular weight excluding hydrogens is 376 g/mol. The Morgan fingerprint density at radius 2 is 1.96 bits per heavy atom. The minimum atomic E-state index is -0.300. The van der Waals surface area contributed by atoms with Crippen molar-refractivity contribution < 1.29 is 9.53 Å². The van der Waals surface area contributed by atoms with Gasteiger partial charge in [0, 0.05) is 24.1 Å². The van der Waals surface area contributed by atoms with Crippen molar-refractivity contribution >= 4 is 28.1 Å². The molecule has 2 amide bonds. The minimum absolute atomic E-state index is 0.300. The quantitative estimate of drug-likeness (QED) is 0.523. The molecule has 2 N–H and O–H groups in total. The molecule has 4 rings (SSSR count). The smallest absolute Gasteiger partial charge is 0.324 e. The van der Waals surface area contributed by atoms with Crippen molar-refractivity contribution in [3.05, 3.63) is 72.1 Å². The van der Waals surface area contributed by atoms with E-state index in [-0.39, 0.29) is 6.03 Å². The highest BCUT2D eigenvalue weighted by Crippen LogP contribution is 2.23. The topological polar surface area (TPSA) is 94.0 Å². The van der Waals surface area contributed by atoms with E-state index in [1.165, 1.54) is 11.3 Å². The summed E-state index contributed by atoms with van der Waals surface area (Å²) in [5, 5.41) is 12.4. The number of aryl methyl sites for hydroxylation is 1. The number of ether oxygens (including phenoxy) is 1. The molecule has 0 saturated heterocycles. The molecule has 1 aromatic carbocycles. The summed E-state index contributed by atoms with van der Waals surface area (Å²) in [6, 6.07) is 14.0. The zero-order valence-electron chi connectivity index (χ0n) is 14.9. The van der Waals surface area contributed by atoms with Gasteiger partial charge in [0.25, 0.3) is 0 Å². The number of urea groups is 1. The van der Waals surface area contributed by atoms with Crippen molar-refractivity contribution in [3.63, 3.8) is 0 Å². The molecule has 0 unspecified atom stereocenters. The Kier molecular flexibility index (Phi) is 4.98. The van der Waals surface area contributed by atoms with Crippen molar-refractivity contribution in [2.75, 3.05) is 10.6 Å². The lowest BCUT2D eigenvalue weighted by Gasteiger charge is -2.09. The Balaban J connectivity index is 1.42. The van der Waals surface area contributed by atoms with Crippen LogP contribution in [0.25, 0.3) is 5.82 Å². The summed E-state index contributed by atoms with van der Waals surface area (Å²) in [6.45, 7) is 1.79. The number of carbonyl (C=O) groups excluding carboxylic acids is 1. The number of thiophene rings is 1. The van der Waals surface area contributed by atoms with Crippen molar-refractivity contribution in [1.29, 1.82) is 0 Å². The van der Waals surface area contributed by atoms with E-state index >= 15 is 0 Å². The lowest BCUT2D eigenvalue weighted by Crippen LogP contribution is -2.18. The SMILES string of the molecule is Cc1nc(Oc2ccc(NC(=O)Nc3cccs3)cc2)cc(-n2cccn2)n1. The van der Waals surface area contributed by atoms with Gasteiger partial charge in [0.15, 0.2) is 5.82 Å². The second kappa shape index (κ2) is 7.89. The first-order chi connectivity index (χ1) is 13.7. The van der Waals surface area contributed by atoms with E-state index in [2.05, 4.69) is 25.7 Å². The fourth-order valence-electron chi connectivity index (χ4n) is 2.45. The number of anilines is 2. The van der Waals surface area contributed by atoms with Crippen LogP contribution in [0.2, 0.25) is 0 Å². The highest BCUT2D eigenvalue weighted by molar-refractivity contribution is 7.14. The molecule has 0 aliphatic carbocycles. The first-order valence-electron chi connectivity index (χ1n) is 8.41. The largest absolute Gasteiger partial charge is 0.439 e. The van der Waals surface area contributed by atoms with Crippen LogP contribution in [0.1, 0.15) is 5.82 Å². The van der Waals surface area contributed by atoms with Gasteiger partial charge in [-0.3, -0.25) is 5.32 Å². The number of nitrogens with one attached hydrogen (secondary N) is 2. The fourth-order valence-corrected chi connectivity index (χ4v) is 3.06. The van der Waals surface area contributed by atoms with E-state index in [9.17, 15) is 4.79 Å². The maximum absolute atomic E-state index is 12.0. The molecule has 9 heteroatoms. The van der Waals surface area contributed by atoms with Crippen LogP contribution in [-0.2, 0) is 0 Å². The monoisotopic (exact) mass is 392 g/mol. The molecule has 0 radical (unpaired) electrons. The Labute approximate surface area is 164 Å². The number of hydrogen-bond donors (Lipinski definition) is 2. The summed E-state index contributed by atoms with van der Waals surface area (Å²) < 4.78 is 7.46. The van der Waals surface area contributed by atoms with Crippen molar-refractivity contribution in [1.82, 2.24) is 19.7 Å². The summed E-state index contributed by atoms with van der Waals surface area (Å²) in [4.78, 5) is 20.6. The molecule has 0 fully saturated rings. The molecule has 3 aromatic heterocycles. The van der Waals surface area contributed by atoms with Crippen LogP contribution < -0.4 is 15.4 Å². The predicted octanol–water partition coefficient (Wildman–Crippen LogP) is 4.47. The molecule has 140 valence electrons. The van der Waals surface area contributed by atoms with Gasteiger partial charge in [0.1, 0.15) is 11.6 Å². The third-order valence-electron chi connectivity index (χ3n) is 3.63. The minimum Gasteiger partial charge on any atom is -0.439 e. The van der Waals surface area contributed by atoms with Gasteiger partial charge in [-0.1, -0.05) is 0 Å². The fraction of sp³-hybridized carbons (Fsp3) is 0.0526. The van der Waals surface area contributed by atoms with Crippen LogP contribution in [0.15, 0.2) is 66.3 Å². The van der Waals surface area contributed by atoms with Gasteiger partial charge in [0.05, 0.1) is 5.00 Å². The third kappa shape index (κ3) is 4.33. The molecule has 0 atom stereocenters. The zero-order valence-corrected chi connectivity index (χ0v) is 15.7. The standard InChI is InChI=1S/C19H16N6O2S/c1-13-21-16(25-10-3-9-20-25)12-17(22-13)27-15-7-5-14(6-8-15)23-19(26)24-18-4-2-11-28-18/h2-12H,1H3,(H2,23,24,26). The molecular formula is C19H16N6O2S. The molecule has 28 heavy (non-hydrogen) atoms. The maximum atomic E-state index is 12.0. The molecule has 0 bridgehead atoms. The van der Waals surface area contributed by atoms with Crippen LogP contribution in [0, 0.1) is 6.92 Å². The van der Waals surface area contributed by atoms with Gasteiger partial charge in [-0.15, -0.1) is 11.3 Å². The zero-order chi connectivity index (χ0) is 19.3. The van der Waals surface area contributed by atoms with Crippen molar-refractivity contribution in [3.8, 4) is 17.4 Å². The summed E-state index contributed by atoms with van der Waals surface area (Å²) in [7, 11) is 0. The summed E-state index contributed by atoms with van der Waals surface area (Å²) in [5.74, 6) is 2.20. The van der Waals surface area contributed by atoms with E-state index in [1.807, 2.05) is 23.6 Å². The molecule has 3 heterocycles. The first-order valence-corrected chi connectivity index (χ1v) is 9.29. The Hall–Kier alpha value is -3.72. The van der Waals surface area contributed by atoms with E-state index in [0.717, 1.165) is 5.00 Å². The van der Waals surface area contributed by atoms with Gasteiger partial charge in [-0.2, -0.15) is 10.1 Å². The van der Waals surface area contributed by atoms with Crippen molar-refractivity contribution in [2.45, 2.75) is 6.92 Å². The summed E-state index contributed by atoms with van der Waals surface area (Å²) >= 11 is 1.46.